The molecular formula is C18H19N5O. The quantitative estimate of drug-likeness (QED) is 0.739. The van der Waals surface area contributed by atoms with Crippen molar-refractivity contribution in [1.29, 1.82) is 0 Å². The largest absolute Gasteiger partial charge is 0.458 e. The van der Waals surface area contributed by atoms with Crippen molar-refractivity contribution < 1.29 is 4.74 Å². The number of aromatic nitrogens is 4. The molecule has 1 unspecified atom stereocenters. The minimum atomic E-state index is 0.0646. The van der Waals surface area contributed by atoms with Crippen molar-refractivity contribution >= 4 is 16.9 Å². The number of fused-ring (bicyclic) bond motifs is 1. The molecule has 0 radical (unpaired) electrons. The van der Waals surface area contributed by atoms with Gasteiger partial charge in [0.1, 0.15) is 11.9 Å². The Morgan fingerprint density at radius 3 is 2.67 bits per heavy atom. The van der Waals surface area contributed by atoms with Crippen LogP contribution in [0.25, 0.3) is 11.0 Å². The summed E-state index contributed by atoms with van der Waals surface area (Å²) in [5.74, 6) is 0.895. The van der Waals surface area contributed by atoms with Crippen LogP contribution in [0.15, 0.2) is 42.9 Å². The normalized spacial score (nSPS) is 17.9. The molecule has 0 saturated carbocycles. The molecule has 3 heterocycles. The third-order valence-electron chi connectivity index (χ3n) is 4.17. The Kier molecular flexibility index (Phi) is 3.94. The lowest BCUT2D eigenvalue weighted by molar-refractivity contribution is 0.164. The van der Waals surface area contributed by atoms with Gasteiger partial charge in [0, 0.05) is 18.9 Å². The lowest BCUT2D eigenvalue weighted by atomic mass is 10.1. The maximum atomic E-state index is 5.94. The average Bonchev–Trinajstić information content (AvgIpc) is 2.63. The van der Waals surface area contributed by atoms with Crippen LogP contribution in [0.5, 0.6) is 6.01 Å². The van der Waals surface area contributed by atoms with Gasteiger partial charge in [0.2, 0.25) is 0 Å². The van der Waals surface area contributed by atoms with Crippen molar-refractivity contribution in [3.8, 4) is 6.01 Å². The Bertz CT molecular complexity index is 836. The fourth-order valence-electron chi connectivity index (χ4n) is 2.93. The summed E-state index contributed by atoms with van der Waals surface area (Å²) >= 11 is 0. The molecule has 1 fully saturated rings. The van der Waals surface area contributed by atoms with E-state index in [1.165, 1.54) is 0 Å². The van der Waals surface area contributed by atoms with Crippen molar-refractivity contribution in [2.24, 2.45) is 0 Å². The van der Waals surface area contributed by atoms with Crippen LogP contribution in [0, 0.1) is 6.92 Å². The standard InChI is InChI=1S/C18H19N5O/c1-13-9-20-18(21-10-13)24-14-5-4-8-23(12-14)17-11-19-15-6-2-3-7-16(15)22-17/h2-3,6-7,9-11,14H,4-5,8,12H2,1H3. The molecule has 122 valence electrons. The van der Waals surface area contributed by atoms with Gasteiger partial charge in [0.05, 0.1) is 23.8 Å². The Hall–Kier alpha value is -2.76. The second-order valence-corrected chi connectivity index (χ2v) is 6.09. The summed E-state index contributed by atoms with van der Waals surface area (Å²) in [5.41, 5.74) is 2.86. The number of anilines is 1. The summed E-state index contributed by atoms with van der Waals surface area (Å²) in [6.45, 7) is 3.69. The maximum absolute atomic E-state index is 5.94. The lowest BCUT2D eigenvalue weighted by Crippen LogP contribution is -2.41. The van der Waals surface area contributed by atoms with Crippen molar-refractivity contribution in [1.82, 2.24) is 19.9 Å². The van der Waals surface area contributed by atoms with E-state index in [1.807, 2.05) is 37.4 Å². The van der Waals surface area contributed by atoms with Gasteiger partial charge in [-0.1, -0.05) is 12.1 Å². The van der Waals surface area contributed by atoms with Crippen LogP contribution in [0.1, 0.15) is 18.4 Å². The van der Waals surface area contributed by atoms with E-state index >= 15 is 0 Å². The van der Waals surface area contributed by atoms with Crippen molar-refractivity contribution in [2.45, 2.75) is 25.9 Å². The second-order valence-electron chi connectivity index (χ2n) is 6.09. The van der Waals surface area contributed by atoms with E-state index in [0.717, 1.165) is 48.3 Å². The van der Waals surface area contributed by atoms with Gasteiger partial charge in [-0.2, -0.15) is 0 Å². The Balaban J connectivity index is 1.50. The van der Waals surface area contributed by atoms with Gasteiger partial charge in [-0.3, -0.25) is 4.98 Å². The highest BCUT2D eigenvalue weighted by atomic mass is 16.5. The smallest absolute Gasteiger partial charge is 0.316 e. The molecule has 0 bridgehead atoms. The van der Waals surface area contributed by atoms with Gasteiger partial charge in [-0.15, -0.1) is 0 Å². The zero-order chi connectivity index (χ0) is 16.4. The van der Waals surface area contributed by atoms with Crippen LogP contribution in [0.2, 0.25) is 0 Å². The Labute approximate surface area is 140 Å². The molecule has 0 spiro atoms. The van der Waals surface area contributed by atoms with Gasteiger partial charge in [-0.05, 0) is 37.5 Å². The highest BCUT2D eigenvalue weighted by molar-refractivity contribution is 5.75. The van der Waals surface area contributed by atoms with Gasteiger partial charge in [-0.25, -0.2) is 15.0 Å². The minimum Gasteiger partial charge on any atom is -0.458 e. The molecule has 1 saturated heterocycles. The molecule has 24 heavy (non-hydrogen) atoms. The van der Waals surface area contributed by atoms with Crippen molar-refractivity contribution in [3.63, 3.8) is 0 Å². The first-order valence-electron chi connectivity index (χ1n) is 8.20. The molecule has 1 atom stereocenters. The highest BCUT2D eigenvalue weighted by Gasteiger charge is 2.23. The average molecular weight is 321 g/mol. The number of rotatable bonds is 3. The molecule has 4 rings (SSSR count). The van der Waals surface area contributed by atoms with Gasteiger partial charge < -0.3 is 9.64 Å². The summed E-state index contributed by atoms with van der Waals surface area (Å²) in [4.78, 5) is 19.9. The highest BCUT2D eigenvalue weighted by Crippen LogP contribution is 2.21. The fourth-order valence-corrected chi connectivity index (χ4v) is 2.93. The monoisotopic (exact) mass is 321 g/mol. The van der Waals surface area contributed by atoms with Gasteiger partial charge in [0.15, 0.2) is 0 Å². The number of nitrogens with zero attached hydrogens (tertiary/aromatic N) is 5. The summed E-state index contributed by atoms with van der Waals surface area (Å²) < 4.78 is 5.94. The van der Waals surface area contributed by atoms with E-state index in [0.29, 0.717) is 6.01 Å². The van der Waals surface area contributed by atoms with Crippen LogP contribution in [-0.4, -0.2) is 39.1 Å². The van der Waals surface area contributed by atoms with Crippen LogP contribution in [0.4, 0.5) is 5.82 Å². The number of hydrogen-bond donors (Lipinski definition) is 0. The number of aryl methyl sites for hydroxylation is 1. The van der Waals surface area contributed by atoms with Gasteiger partial charge in [0.25, 0.3) is 0 Å². The Morgan fingerprint density at radius 2 is 1.83 bits per heavy atom. The van der Waals surface area contributed by atoms with E-state index in [4.69, 9.17) is 9.72 Å². The van der Waals surface area contributed by atoms with E-state index < -0.39 is 0 Å². The molecule has 6 heteroatoms. The van der Waals surface area contributed by atoms with Crippen LogP contribution < -0.4 is 9.64 Å². The molecule has 2 aromatic heterocycles. The first kappa shape index (κ1) is 14.8. The number of benzene rings is 1. The third-order valence-corrected chi connectivity index (χ3v) is 4.17. The van der Waals surface area contributed by atoms with Crippen LogP contribution in [0.3, 0.4) is 0 Å². The predicted molar refractivity (Wildman–Crippen MR) is 92.2 cm³/mol. The van der Waals surface area contributed by atoms with E-state index in [9.17, 15) is 0 Å². The SMILES string of the molecule is Cc1cnc(OC2CCCN(c3cnc4ccccc4n3)C2)nc1. The zero-order valence-electron chi connectivity index (χ0n) is 13.6. The first-order chi connectivity index (χ1) is 11.8. The number of para-hydroxylation sites is 2. The summed E-state index contributed by atoms with van der Waals surface area (Å²) in [7, 11) is 0. The van der Waals surface area contributed by atoms with Crippen LogP contribution >= 0.6 is 0 Å². The first-order valence-corrected chi connectivity index (χ1v) is 8.20. The maximum Gasteiger partial charge on any atom is 0.316 e. The molecule has 0 aliphatic carbocycles. The topological polar surface area (TPSA) is 64.0 Å². The molecule has 3 aromatic rings. The number of piperidine rings is 1. The number of ether oxygens (including phenoxy) is 1. The molecule has 0 N–H and O–H groups in total. The molecule has 1 aliphatic heterocycles. The summed E-state index contributed by atoms with van der Waals surface area (Å²) in [6, 6.07) is 8.37. The predicted octanol–water partition coefficient (Wildman–Crippen LogP) is 2.78. The lowest BCUT2D eigenvalue weighted by Gasteiger charge is -2.33. The Morgan fingerprint density at radius 1 is 1.04 bits per heavy atom. The molecule has 6 nitrogen and oxygen atoms in total. The van der Waals surface area contributed by atoms with Crippen molar-refractivity contribution in [3.05, 3.63) is 48.4 Å². The molecule has 1 aliphatic rings. The second kappa shape index (κ2) is 6.39. The van der Waals surface area contributed by atoms with Gasteiger partial charge >= 0.3 is 6.01 Å². The zero-order valence-corrected chi connectivity index (χ0v) is 13.6. The molecule has 0 amide bonds. The fraction of sp³-hybridized carbons (Fsp3) is 0.333. The number of hydrogen-bond acceptors (Lipinski definition) is 6. The van der Waals surface area contributed by atoms with E-state index in [-0.39, 0.29) is 6.10 Å². The van der Waals surface area contributed by atoms with Crippen molar-refractivity contribution in [2.75, 3.05) is 18.0 Å². The minimum absolute atomic E-state index is 0.0646. The summed E-state index contributed by atoms with van der Waals surface area (Å²) in [6.07, 6.45) is 7.50. The molecule has 1 aromatic carbocycles. The van der Waals surface area contributed by atoms with E-state index in [2.05, 4.69) is 19.9 Å². The van der Waals surface area contributed by atoms with E-state index in [1.54, 1.807) is 12.4 Å². The van der Waals surface area contributed by atoms with Crippen LogP contribution in [-0.2, 0) is 0 Å². The molecular weight excluding hydrogens is 302 g/mol. The third kappa shape index (κ3) is 3.13. The summed E-state index contributed by atoms with van der Waals surface area (Å²) in [5, 5.41) is 0.